The Hall–Kier alpha value is -3.18. The summed E-state index contributed by atoms with van der Waals surface area (Å²) < 4.78 is 0. The molecule has 0 saturated carbocycles. The first-order valence-electron chi connectivity index (χ1n) is 8.34. The lowest BCUT2D eigenvalue weighted by Gasteiger charge is -2.26. The Bertz CT molecular complexity index is 1050. The quantitative estimate of drug-likeness (QED) is 0.763. The SMILES string of the molecule is CN1C(=O)C(c2c[c]ccc2)(c2cccc(-c3cnccc3Cl)c2)N=C1N. The standard InChI is InChI=1S/C21H16ClN4O/c1-26-19(27)21(25-20(26)23,15-7-3-2-4-8-15)16-9-5-6-14(12-16)17-13-24-11-10-18(17)22/h2-3,5-13H,1H3,(H2,23,25). The highest BCUT2D eigenvalue weighted by Crippen LogP contribution is 2.40. The molecule has 0 spiro atoms. The molecule has 2 aromatic carbocycles. The first-order valence-corrected chi connectivity index (χ1v) is 8.72. The largest absolute Gasteiger partial charge is 0.369 e. The summed E-state index contributed by atoms with van der Waals surface area (Å²) in [7, 11) is 1.62. The van der Waals surface area contributed by atoms with E-state index in [4.69, 9.17) is 17.3 Å². The van der Waals surface area contributed by atoms with Crippen LogP contribution in [0.25, 0.3) is 11.1 Å². The van der Waals surface area contributed by atoms with Gasteiger partial charge in [-0.25, -0.2) is 4.99 Å². The molecule has 1 unspecified atom stereocenters. The first-order chi connectivity index (χ1) is 13.0. The van der Waals surface area contributed by atoms with Crippen LogP contribution in [0.4, 0.5) is 0 Å². The molecule has 2 heterocycles. The molecule has 0 aliphatic carbocycles. The molecule has 6 heteroatoms. The van der Waals surface area contributed by atoms with Crippen molar-refractivity contribution in [1.82, 2.24) is 9.88 Å². The lowest BCUT2D eigenvalue weighted by molar-refractivity contribution is -0.129. The van der Waals surface area contributed by atoms with Crippen molar-refractivity contribution in [2.24, 2.45) is 10.7 Å². The van der Waals surface area contributed by atoms with E-state index in [-0.39, 0.29) is 11.9 Å². The molecule has 133 valence electrons. The molecular weight excluding hydrogens is 360 g/mol. The van der Waals surface area contributed by atoms with Crippen LogP contribution in [0.3, 0.4) is 0 Å². The van der Waals surface area contributed by atoms with Gasteiger partial charge in [0.2, 0.25) is 0 Å². The number of hydrogen-bond donors (Lipinski definition) is 1. The second kappa shape index (κ2) is 6.52. The Balaban J connectivity index is 1.95. The lowest BCUT2D eigenvalue weighted by Crippen LogP contribution is -2.41. The van der Waals surface area contributed by atoms with Gasteiger partial charge in [-0.3, -0.25) is 14.7 Å². The van der Waals surface area contributed by atoms with Gasteiger partial charge in [0.15, 0.2) is 11.5 Å². The number of rotatable bonds is 3. The second-order valence-corrected chi connectivity index (χ2v) is 6.68. The van der Waals surface area contributed by atoms with E-state index in [9.17, 15) is 4.79 Å². The Morgan fingerprint density at radius 2 is 2.00 bits per heavy atom. The molecular formula is C21H16ClN4O. The van der Waals surface area contributed by atoms with Gasteiger partial charge < -0.3 is 5.73 Å². The van der Waals surface area contributed by atoms with E-state index >= 15 is 0 Å². The molecule has 0 bridgehead atoms. The monoisotopic (exact) mass is 375 g/mol. The van der Waals surface area contributed by atoms with Crippen LogP contribution in [-0.2, 0) is 10.3 Å². The van der Waals surface area contributed by atoms with E-state index in [1.54, 1.807) is 37.6 Å². The average molecular weight is 376 g/mol. The second-order valence-electron chi connectivity index (χ2n) is 6.27. The summed E-state index contributed by atoms with van der Waals surface area (Å²) in [6.45, 7) is 0. The number of aromatic nitrogens is 1. The Kier molecular flexibility index (Phi) is 4.16. The minimum Gasteiger partial charge on any atom is -0.369 e. The van der Waals surface area contributed by atoms with Crippen LogP contribution in [0.15, 0.2) is 72.0 Å². The van der Waals surface area contributed by atoms with Gasteiger partial charge in [0, 0.05) is 25.0 Å². The zero-order valence-electron chi connectivity index (χ0n) is 14.6. The summed E-state index contributed by atoms with van der Waals surface area (Å²) in [5.41, 5.74) is 7.80. The zero-order chi connectivity index (χ0) is 19.0. The van der Waals surface area contributed by atoms with Crippen molar-refractivity contribution in [3.63, 3.8) is 0 Å². The molecule has 1 aliphatic rings. The molecule has 1 radical (unpaired) electrons. The lowest BCUT2D eigenvalue weighted by atomic mass is 9.82. The van der Waals surface area contributed by atoms with Crippen molar-refractivity contribution >= 4 is 23.5 Å². The molecule has 2 N–H and O–H groups in total. The number of carbonyl (C=O) groups excluding carboxylic acids is 1. The zero-order valence-corrected chi connectivity index (χ0v) is 15.3. The van der Waals surface area contributed by atoms with Gasteiger partial charge in [0.25, 0.3) is 5.91 Å². The number of benzene rings is 2. The van der Waals surface area contributed by atoms with E-state index in [1.165, 1.54) is 4.90 Å². The molecule has 4 rings (SSSR count). The van der Waals surface area contributed by atoms with Crippen LogP contribution in [0.5, 0.6) is 0 Å². The Labute approximate surface area is 162 Å². The van der Waals surface area contributed by atoms with Crippen molar-refractivity contribution in [1.29, 1.82) is 0 Å². The van der Waals surface area contributed by atoms with Crippen LogP contribution in [0.2, 0.25) is 5.02 Å². The summed E-state index contributed by atoms with van der Waals surface area (Å²) in [6.07, 6.45) is 3.34. The highest BCUT2D eigenvalue weighted by molar-refractivity contribution is 6.33. The fourth-order valence-electron chi connectivity index (χ4n) is 3.30. The molecule has 1 amide bonds. The van der Waals surface area contributed by atoms with Crippen molar-refractivity contribution in [3.8, 4) is 11.1 Å². The predicted molar refractivity (Wildman–Crippen MR) is 105 cm³/mol. The number of guanidine groups is 1. The van der Waals surface area contributed by atoms with E-state index in [2.05, 4.69) is 16.0 Å². The van der Waals surface area contributed by atoms with Crippen molar-refractivity contribution in [2.45, 2.75) is 5.54 Å². The predicted octanol–water partition coefficient (Wildman–Crippen LogP) is 3.23. The number of amides is 1. The maximum Gasteiger partial charge on any atom is 0.266 e. The Morgan fingerprint density at radius 1 is 1.19 bits per heavy atom. The molecule has 1 aromatic heterocycles. The van der Waals surface area contributed by atoms with E-state index in [0.29, 0.717) is 16.1 Å². The number of likely N-dealkylation sites (N-methyl/N-ethyl adjacent to an activating group) is 1. The Morgan fingerprint density at radius 3 is 2.67 bits per heavy atom. The fourth-order valence-corrected chi connectivity index (χ4v) is 3.52. The third-order valence-electron chi connectivity index (χ3n) is 4.72. The fraction of sp³-hybridized carbons (Fsp3) is 0.0952. The van der Waals surface area contributed by atoms with Crippen molar-refractivity contribution in [2.75, 3.05) is 7.05 Å². The highest BCUT2D eigenvalue weighted by atomic mass is 35.5. The topological polar surface area (TPSA) is 71.6 Å². The number of halogens is 1. The molecule has 0 saturated heterocycles. The molecule has 0 fully saturated rings. The number of nitrogens with two attached hydrogens (primary N) is 1. The van der Waals surface area contributed by atoms with Crippen LogP contribution in [-0.4, -0.2) is 28.8 Å². The molecule has 1 atom stereocenters. The maximum absolute atomic E-state index is 13.2. The van der Waals surface area contributed by atoms with Crippen molar-refractivity contribution in [3.05, 3.63) is 89.2 Å². The van der Waals surface area contributed by atoms with Crippen LogP contribution < -0.4 is 5.73 Å². The van der Waals surface area contributed by atoms with Gasteiger partial charge in [-0.15, -0.1) is 0 Å². The minimum atomic E-state index is -1.25. The van der Waals surface area contributed by atoms with Crippen LogP contribution in [0.1, 0.15) is 11.1 Å². The van der Waals surface area contributed by atoms with Gasteiger partial charge in [-0.2, -0.15) is 0 Å². The number of pyridine rings is 1. The molecule has 27 heavy (non-hydrogen) atoms. The van der Waals surface area contributed by atoms with Crippen LogP contribution in [0, 0.1) is 6.07 Å². The maximum atomic E-state index is 13.2. The summed E-state index contributed by atoms with van der Waals surface area (Å²) in [5.74, 6) is -0.0392. The molecule has 3 aromatic rings. The number of carbonyl (C=O) groups is 1. The number of aliphatic imine (C=N–C) groups is 1. The minimum absolute atomic E-state index is 0.175. The number of nitrogens with zero attached hydrogens (tertiary/aromatic N) is 3. The average Bonchev–Trinajstić information content (AvgIpc) is 2.94. The molecule has 5 nitrogen and oxygen atoms in total. The van der Waals surface area contributed by atoms with Gasteiger partial charge in [-0.1, -0.05) is 48.0 Å². The van der Waals surface area contributed by atoms with Gasteiger partial charge >= 0.3 is 0 Å². The summed E-state index contributed by atoms with van der Waals surface area (Å²) >= 11 is 6.33. The van der Waals surface area contributed by atoms with Crippen molar-refractivity contribution < 1.29 is 4.79 Å². The van der Waals surface area contributed by atoms with E-state index < -0.39 is 5.54 Å². The van der Waals surface area contributed by atoms with Crippen LogP contribution >= 0.6 is 11.6 Å². The molecule has 1 aliphatic heterocycles. The third-order valence-corrected chi connectivity index (χ3v) is 5.05. The first kappa shape index (κ1) is 17.2. The van der Waals surface area contributed by atoms with Gasteiger partial charge in [0.05, 0.1) is 5.02 Å². The summed E-state index contributed by atoms with van der Waals surface area (Å²) in [6, 6.07) is 19.6. The summed E-state index contributed by atoms with van der Waals surface area (Å²) in [5, 5.41) is 0.585. The van der Waals surface area contributed by atoms with E-state index in [1.807, 2.05) is 36.4 Å². The van der Waals surface area contributed by atoms with Gasteiger partial charge in [0.1, 0.15) is 0 Å². The normalized spacial score (nSPS) is 19.3. The smallest absolute Gasteiger partial charge is 0.266 e. The third kappa shape index (κ3) is 2.67. The van der Waals surface area contributed by atoms with Gasteiger partial charge in [-0.05, 0) is 41.0 Å². The highest BCUT2D eigenvalue weighted by Gasteiger charge is 2.49. The summed E-state index contributed by atoms with van der Waals surface area (Å²) in [4.78, 5) is 23.3. The van der Waals surface area contributed by atoms with E-state index in [0.717, 1.165) is 11.1 Å². The number of hydrogen-bond acceptors (Lipinski definition) is 4.